The number of benzene rings is 1. The highest BCUT2D eigenvalue weighted by molar-refractivity contribution is 5.94. The van der Waals surface area contributed by atoms with Crippen molar-refractivity contribution in [3.8, 4) is 5.75 Å². The number of nitrogens with zero attached hydrogens (tertiary/aromatic N) is 4. The monoisotopic (exact) mass is 527 g/mol. The summed E-state index contributed by atoms with van der Waals surface area (Å²) in [6, 6.07) is 8.83. The second kappa shape index (κ2) is 11.6. The minimum absolute atomic E-state index is 0.00371. The molecule has 2 aliphatic rings. The zero-order chi connectivity index (χ0) is 26.5. The summed E-state index contributed by atoms with van der Waals surface area (Å²) in [7, 11) is 0. The van der Waals surface area contributed by atoms with E-state index in [-0.39, 0.29) is 11.9 Å². The summed E-state index contributed by atoms with van der Waals surface area (Å²) >= 11 is 0. The van der Waals surface area contributed by atoms with Crippen LogP contribution in [0, 0.1) is 5.92 Å². The maximum absolute atomic E-state index is 12.8. The number of Topliss-reactive ketones (excluding diaryl/α,β-unsaturated/α-hetero) is 1. The molecule has 5 rings (SSSR count). The smallest absolute Gasteiger partial charge is 0.416 e. The average Bonchev–Trinajstić information content (AvgIpc) is 3.43. The van der Waals surface area contributed by atoms with Gasteiger partial charge in [0.1, 0.15) is 17.5 Å². The molecule has 1 N–H and O–H groups in total. The van der Waals surface area contributed by atoms with Crippen molar-refractivity contribution in [2.75, 3.05) is 31.1 Å². The van der Waals surface area contributed by atoms with Gasteiger partial charge in [-0.2, -0.15) is 13.2 Å². The van der Waals surface area contributed by atoms with Crippen LogP contribution in [0.25, 0.3) is 0 Å². The van der Waals surface area contributed by atoms with Crippen molar-refractivity contribution in [2.45, 2.75) is 50.9 Å². The number of imidazole rings is 1. The van der Waals surface area contributed by atoms with E-state index in [1.165, 1.54) is 12.1 Å². The minimum Gasteiger partial charge on any atom is -0.489 e. The number of alkyl halides is 3. The molecule has 2 saturated heterocycles. The lowest BCUT2D eigenvalue weighted by Gasteiger charge is -2.33. The Bertz CT molecular complexity index is 1170. The molecule has 0 spiro atoms. The van der Waals surface area contributed by atoms with Crippen molar-refractivity contribution in [2.24, 2.45) is 5.92 Å². The predicted octanol–water partition coefficient (Wildman–Crippen LogP) is 5.36. The Morgan fingerprint density at radius 3 is 2.32 bits per heavy atom. The number of anilines is 1. The number of piperidine rings is 2. The largest absolute Gasteiger partial charge is 0.489 e. The fourth-order valence-electron chi connectivity index (χ4n) is 5.23. The van der Waals surface area contributed by atoms with E-state index in [0.29, 0.717) is 36.9 Å². The van der Waals surface area contributed by atoms with Crippen molar-refractivity contribution < 1.29 is 22.7 Å². The first-order chi connectivity index (χ1) is 18.3. The number of rotatable bonds is 8. The van der Waals surface area contributed by atoms with Crippen LogP contribution in [0.3, 0.4) is 0 Å². The molecule has 7 nitrogen and oxygen atoms in total. The Morgan fingerprint density at radius 1 is 0.974 bits per heavy atom. The first-order valence-electron chi connectivity index (χ1n) is 13.1. The maximum Gasteiger partial charge on any atom is 0.416 e. The van der Waals surface area contributed by atoms with Gasteiger partial charge in [0.05, 0.1) is 18.1 Å². The second-order valence-electron chi connectivity index (χ2n) is 10.2. The van der Waals surface area contributed by atoms with Gasteiger partial charge < -0.3 is 14.6 Å². The summed E-state index contributed by atoms with van der Waals surface area (Å²) in [6.45, 7) is 4.18. The fourth-order valence-corrected chi connectivity index (χ4v) is 5.23. The molecule has 0 amide bonds. The van der Waals surface area contributed by atoms with E-state index in [0.717, 1.165) is 68.8 Å². The van der Waals surface area contributed by atoms with Crippen LogP contribution in [-0.4, -0.2) is 57.9 Å². The molecule has 0 aliphatic carbocycles. The molecule has 2 fully saturated rings. The number of pyridine rings is 1. The highest BCUT2D eigenvalue weighted by Crippen LogP contribution is 2.31. The Morgan fingerprint density at radius 2 is 1.71 bits per heavy atom. The number of likely N-dealkylation sites (tertiary alicyclic amines) is 1. The number of halogens is 3. The van der Waals surface area contributed by atoms with Crippen LogP contribution in [-0.2, 0) is 12.7 Å². The Kier molecular flexibility index (Phi) is 7.97. The minimum atomic E-state index is -4.33. The number of nitrogens with one attached hydrogen (secondary N) is 1. The number of ketones is 1. The zero-order valence-corrected chi connectivity index (χ0v) is 21.2. The van der Waals surface area contributed by atoms with Gasteiger partial charge in [-0.05, 0) is 68.2 Å². The van der Waals surface area contributed by atoms with Gasteiger partial charge in [0, 0.05) is 56.5 Å². The van der Waals surface area contributed by atoms with E-state index in [9.17, 15) is 18.0 Å². The van der Waals surface area contributed by atoms with Gasteiger partial charge in [-0.1, -0.05) is 0 Å². The molecule has 2 aliphatic heterocycles. The second-order valence-corrected chi connectivity index (χ2v) is 10.2. The van der Waals surface area contributed by atoms with Gasteiger partial charge in [-0.25, -0.2) is 9.97 Å². The Balaban J connectivity index is 1.05. The molecule has 4 heterocycles. The summed E-state index contributed by atoms with van der Waals surface area (Å²) in [6.07, 6.45) is 4.82. The Hall–Kier alpha value is -3.40. The molecule has 0 saturated carbocycles. The molecule has 10 heteroatoms. The summed E-state index contributed by atoms with van der Waals surface area (Å²) in [5, 5.41) is 0. The summed E-state index contributed by atoms with van der Waals surface area (Å²) in [4.78, 5) is 28.8. The maximum atomic E-state index is 12.8. The van der Waals surface area contributed by atoms with Crippen molar-refractivity contribution in [1.82, 2.24) is 19.9 Å². The fraction of sp³-hybridized carbons (Fsp3) is 0.464. The quantitative estimate of drug-likeness (QED) is 0.398. The molecule has 0 bridgehead atoms. The number of H-pyrrole nitrogens is 1. The third-order valence-electron chi connectivity index (χ3n) is 7.46. The van der Waals surface area contributed by atoms with Crippen LogP contribution in [0.4, 0.5) is 18.9 Å². The number of aromatic nitrogens is 3. The highest BCUT2D eigenvalue weighted by atomic mass is 19.4. The molecule has 0 radical (unpaired) electrons. The van der Waals surface area contributed by atoms with Crippen LogP contribution >= 0.6 is 0 Å². The van der Waals surface area contributed by atoms with Gasteiger partial charge in [0.2, 0.25) is 0 Å². The Labute approximate surface area is 220 Å². The summed E-state index contributed by atoms with van der Waals surface area (Å²) < 4.78 is 44.5. The van der Waals surface area contributed by atoms with E-state index in [1.54, 1.807) is 24.7 Å². The van der Waals surface area contributed by atoms with E-state index < -0.39 is 11.7 Å². The van der Waals surface area contributed by atoms with Crippen LogP contribution in [0.15, 0.2) is 55.1 Å². The van der Waals surface area contributed by atoms with Crippen molar-refractivity contribution in [3.63, 3.8) is 0 Å². The number of carbonyl (C=O) groups excluding carboxylic acids is 1. The molecule has 0 unspecified atom stereocenters. The highest BCUT2D eigenvalue weighted by Gasteiger charge is 2.30. The van der Waals surface area contributed by atoms with Crippen LogP contribution < -0.4 is 9.64 Å². The van der Waals surface area contributed by atoms with Crippen molar-refractivity contribution in [1.29, 1.82) is 0 Å². The lowest BCUT2D eigenvalue weighted by molar-refractivity contribution is -0.137. The number of hydrogen-bond acceptors (Lipinski definition) is 6. The van der Waals surface area contributed by atoms with Crippen molar-refractivity contribution in [3.05, 3.63) is 72.1 Å². The van der Waals surface area contributed by atoms with Gasteiger partial charge in [0.15, 0.2) is 5.78 Å². The predicted molar refractivity (Wildman–Crippen MR) is 137 cm³/mol. The van der Waals surface area contributed by atoms with E-state index in [4.69, 9.17) is 4.74 Å². The van der Waals surface area contributed by atoms with Crippen molar-refractivity contribution >= 4 is 11.5 Å². The third kappa shape index (κ3) is 6.72. The average molecular weight is 528 g/mol. The lowest BCUT2D eigenvalue weighted by atomic mass is 9.91. The van der Waals surface area contributed by atoms with Crippen LogP contribution in [0.5, 0.6) is 5.75 Å². The van der Waals surface area contributed by atoms with Crippen LogP contribution in [0.2, 0.25) is 0 Å². The molecule has 38 heavy (non-hydrogen) atoms. The molecule has 3 aromatic rings. The van der Waals surface area contributed by atoms with E-state index in [2.05, 4.69) is 24.8 Å². The number of ether oxygens (including phenoxy) is 1. The first kappa shape index (κ1) is 26.2. The lowest BCUT2D eigenvalue weighted by Crippen LogP contribution is -2.38. The van der Waals surface area contributed by atoms with Gasteiger partial charge >= 0.3 is 6.18 Å². The number of hydrogen-bond donors (Lipinski definition) is 1. The molecule has 202 valence electrons. The standard InChI is InChI=1S/C28H32F3N5O2/c29-28(30,31)21-1-3-23(4-2-21)36-13-9-24(10-14-36)38-25-5-6-26(33-17-25)27(37)15-20-7-11-35(12-8-20)18-22-16-32-19-34-22/h1-6,16-17,19-20,24H,7-15,18H2,(H,32,34). The molecular formula is C28H32F3N5O2. The molecule has 0 atom stereocenters. The normalized spacial score (nSPS) is 18.0. The van der Waals surface area contributed by atoms with Gasteiger partial charge in [-0.15, -0.1) is 0 Å². The number of carbonyl (C=O) groups is 1. The topological polar surface area (TPSA) is 74.3 Å². The summed E-state index contributed by atoms with van der Waals surface area (Å²) in [5.74, 6) is 1.06. The SMILES string of the molecule is O=C(CC1CCN(Cc2cnc[nH]2)CC1)c1ccc(OC2CCN(c3ccc(C(F)(F)F)cc3)CC2)cn1. The molecular weight excluding hydrogens is 495 g/mol. The van der Waals surface area contributed by atoms with Gasteiger partial charge in [0.25, 0.3) is 0 Å². The number of aromatic amines is 1. The molecule has 2 aromatic heterocycles. The summed E-state index contributed by atoms with van der Waals surface area (Å²) in [5.41, 5.74) is 1.72. The zero-order valence-electron chi connectivity index (χ0n) is 21.2. The van der Waals surface area contributed by atoms with Crippen LogP contribution in [0.1, 0.15) is 53.8 Å². The first-order valence-corrected chi connectivity index (χ1v) is 13.1. The van der Waals surface area contributed by atoms with E-state index in [1.807, 2.05) is 6.20 Å². The molecule has 1 aromatic carbocycles. The van der Waals surface area contributed by atoms with E-state index >= 15 is 0 Å². The van der Waals surface area contributed by atoms with Gasteiger partial charge in [-0.3, -0.25) is 9.69 Å². The third-order valence-corrected chi connectivity index (χ3v) is 7.46.